The molecule has 0 aliphatic heterocycles. The molecule has 0 fully saturated rings. The number of hydrogen-bond donors (Lipinski definition) is 2. The van der Waals surface area contributed by atoms with Crippen molar-refractivity contribution >= 4 is 17.6 Å². The Bertz CT molecular complexity index is 815. The van der Waals surface area contributed by atoms with Crippen molar-refractivity contribution in [1.29, 1.82) is 5.26 Å². The van der Waals surface area contributed by atoms with Gasteiger partial charge in [0.15, 0.2) is 5.69 Å². The van der Waals surface area contributed by atoms with Gasteiger partial charge in [-0.05, 0) is 24.6 Å². The molecule has 2 aromatic rings. The number of carbonyl (C=O) groups is 2. The first-order chi connectivity index (χ1) is 10.4. The minimum absolute atomic E-state index is 0.00759. The number of carbonyl (C=O) groups excluding carboxylic acids is 1. The number of anilines is 1. The van der Waals surface area contributed by atoms with E-state index in [0.29, 0.717) is 11.3 Å². The van der Waals surface area contributed by atoms with Crippen LogP contribution in [-0.2, 0) is 4.74 Å². The normalized spacial score (nSPS) is 10.0. The first-order valence-electron chi connectivity index (χ1n) is 6.24. The summed E-state index contributed by atoms with van der Waals surface area (Å²) in [5.41, 5.74) is 6.96. The number of rotatable bonds is 3. The second kappa shape index (κ2) is 5.61. The third-order valence-corrected chi connectivity index (χ3v) is 3.27. The predicted octanol–water partition coefficient (Wildman–Crippen LogP) is 1.72. The molecule has 1 heterocycles. The van der Waals surface area contributed by atoms with Crippen LogP contribution in [0.15, 0.2) is 24.4 Å². The van der Waals surface area contributed by atoms with Crippen LogP contribution in [0.2, 0.25) is 0 Å². The van der Waals surface area contributed by atoms with E-state index in [1.54, 1.807) is 19.1 Å². The molecule has 7 nitrogen and oxygen atoms in total. The SMILES string of the molecule is COC(=O)c1c(N)c(C#N)cn1-c1ccc(C)c(C(=O)O)c1. The molecular weight excluding hydrogens is 286 g/mol. The Morgan fingerprint density at radius 2 is 2.09 bits per heavy atom. The van der Waals surface area contributed by atoms with Crippen molar-refractivity contribution in [2.45, 2.75) is 6.92 Å². The Morgan fingerprint density at radius 1 is 1.41 bits per heavy atom. The van der Waals surface area contributed by atoms with Crippen molar-refractivity contribution in [1.82, 2.24) is 4.57 Å². The van der Waals surface area contributed by atoms with E-state index in [9.17, 15) is 14.7 Å². The molecule has 0 aliphatic rings. The first kappa shape index (κ1) is 15.1. The molecule has 3 N–H and O–H groups in total. The fraction of sp³-hybridized carbons (Fsp3) is 0.133. The molecule has 0 atom stereocenters. The zero-order valence-electron chi connectivity index (χ0n) is 12.0. The Labute approximate surface area is 126 Å². The number of aromatic nitrogens is 1. The molecular formula is C15H13N3O4. The van der Waals surface area contributed by atoms with Crippen molar-refractivity contribution in [3.05, 3.63) is 46.8 Å². The number of nitriles is 1. The summed E-state index contributed by atoms with van der Waals surface area (Å²) in [5, 5.41) is 18.2. The van der Waals surface area contributed by atoms with Gasteiger partial charge in [0.1, 0.15) is 6.07 Å². The van der Waals surface area contributed by atoms with Crippen molar-refractivity contribution < 1.29 is 19.4 Å². The highest BCUT2D eigenvalue weighted by Crippen LogP contribution is 2.25. The van der Waals surface area contributed by atoms with E-state index >= 15 is 0 Å². The topological polar surface area (TPSA) is 118 Å². The summed E-state index contributed by atoms with van der Waals surface area (Å²) in [6.45, 7) is 1.67. The molecule has 0 unspecified atom stereocenters. The number of nitrogen functional groups attached to an aromatic ring is 1. The van der Waals surface area contributed by atoms with E-state index < -0.39 is 11.9 Å². The van der Waals surface area contributed by atoms with Gasteiger partial charge in [0, 0.05) is 11.9 Å². The van der Waals surface area contributed by atoms with E-state index in [1.807, 2.05) is 6.07 Å². The maximum atomic E-state index is 11.9. The number of methoxy groups -OCH3 is 1. The van der Waals surface area contributed by atoms with Crippen LogP contribution >= 0.6 is 0 Å². The quantitative estimate of drug-likeness (QED) is 0.833. The van der Waals surface area contributed by atoms with Crippen LogP contribution in [-0.4, -0.2) is 28.7 Å². The molecule has 2 rings (SSSR count). The van der Waals surface area contributed by atoms with Gasteiger partial charge in [-0.1, -0.05) is 6.07 Å². The number of aromatic carboxylic acids is 1. The second-order valence-corrected chi connectivity index (χ2v) is 4.58. The number of hydrogen-bond acceptors (Lipinski definition) is 5. The predicted molar refractivity (Wildman–Crippen MR) is 77.9 cm³/mol. The maximum absolute atomic E-state index is 11.9. The molecule has 0 aliphatic carbocycles. The third-order valence-electron chi connectivity index (χ3n) is 3.27. The van der Waals surface area contributed by atoms with Gasteiger partial charge in [0.05, 0.1) is 23.9 Å². The lowest BCUT2D eigenvalue weighted by Gasteiger charge is -2.10. The highest BCUT2D eigenvalue weighted by Gasteiger charge is 2.22. The van der Waals surface area contributed by atoms with E-state index in [4.69, 9.17) is 11.0 Å². The first-order valence-corrected chi connectivity index (χ1v) is 6.24. The molecule has 1 aromatic carbocycles. The van der Waals surface area contributed by atoms with Crippen LogP contribution < -0.4 is 5.73 Å². The van der Waals surface area contributed by atoms with Crippen LogP contribution in [0.1, 0.15) is 32.0 Å². The van der Waals surface area contributed by atoms with Gasteiger partial charge in [-0.2, -0.15) is 5.26 Å². The highest BCUT2D eigenvalue weighted by molar-refractivity contribution is 5.96. The number of benzene rings is 1. The van der Waals surface area contributed by atoms with E-state index in [-0.39, 0.29) is 22.5 Å². The van der Waals surface area contributed by atoms with Crippen molar-refractivity contribution in [2.75, 3.05) is 12.8 Å². The minimum Gasteiger partial charge on any atom is -0.478 e. The Hall–Kier alpha value is -3.27. The standard InChI is InChI=1S/C15H13N3O4/c1-8-3-4-10(5-11(8)14(19)20)18-7-9(6-16)12(17)13(18)15(21)22-2/h3-5,7H,17H2,1-2H3,(H,19,20). The smallest absolute Gasteiger partial charge is 0.357 e. The number of nitrogens with zero attached hydrogens (tertiary/aromatic N) is 2. The van der Waals surface area contributed by atoms with Crippen LogP contribution in [0.3, 0.4) is 0 Å². The summed E-state index contributed by atoms with van der Waals surface area (Å²) in [5.74, 6) is -1.80. The van der Waals surface area contributed by atoms with Crippen LogP contribution in [0, 0.1) is 18.3 Å². The van der Waals surface area contributed by atoms with Gasteiger partial charge >= 0.3 is 11.9 Å². The van der Waals surface area contributed by atoms with Crippen LogP contribution in [0.5, 0.6) is 0 Å². The number of aryl methyl sites for hydroxylation is 1. The number of carboxylic acids is 1. The van der Waals surface area contributed by atoms with Gasteiger partial charge in [-0.15, -0.1) is 0 Å². The van der Waals surface area contributed by atoms with Crippen molar-refractivity contribution in [3.63, 3.8) is 0 Å². The summed E-state index contributed by atoms with van der Waals surface area (Å²) in [6, 6.07) is 6.54. The van der Waals surface area contributed by atoms with Crippen molar-refractivity contribution in [3.8, 4) is 11.8 Å². The fourth-order valence-corrected chi connectivity index (χ4v) is 2.11. The van der Waals surface area contributed by atoms with Crippen molar-refractivity contribution in [2.24, 2.45) is 0 Å². The zero-order valence-corrected chi connectivity index (χ0v) is 12.0. The molecule has 0 saturated heterocycles. The number of nitrogens with two attached hydrogens (primary N) is 1. The number of carboxylic acid groups (broad SMARTS) is 1. The highest BCUT2D eigenvalue weighted by atomic mass is 16.5. The number of ether oxygens (including phenoxy) is 1. The molecule has 112 valence electrons. The number of esters is 1. The van der Waals surface area contributed by atoms with Gasteiger partial charge in [-0.3, -0.25) is 0 Å². The summed E-state index contributed by atoms with van der Waals surface area (Å²) < 4.78 is 6.03. The zero-order chi connectivity index (χ0) is 16.4. The minimum atomic E-state index is -1.08. The summed E-state index contributed by atoms with van der Waals surface area (Å²) in [6.07, 6.45) is 1.37. The van der Waals surface area contributed by atoms with Gasteiger partial charge in [-0.25, -0.2) is 9.59 Å². The summed E-state index contributed by atoms with van der Waals surface area (Å²) in [4.78, 5) is 23.1. The van der Waals surface area contributed by atoms with E-state index in [0.717, 1.165) is 0 Å². The average molecular weight is 299 g/mol. The Morgan fingerprint density at radius 3 is 2.64 bits per heavy atom. The largest absolute Gasteiger partial charge is 0.478 e. The lowest BCUT2D eigenvalue weighted by atomic mass is 10.1. The Kier molecular flexibility index (Phi) is 3.86. The molecule has 0 radical (unpaired) electrons. The lowest BCUT2D eigenvalue weighted by molar-refractivity contribution is 0.0592. The molecule has 0 saturated carbocycles. The van der Waals surface area contributed by atoms with E-state index in [2.05, 4.69) is 4.74 Å². The second-order valence-electron chi connectivity index (χ2n) is 4.58. The molecule has 0 amide bonds. The molecule has 7 heteroatoms. The van der Waals surface area contributed by atoms with Gasteiger partial charge in [0.2, 0.25) is 0 Å². The van der Waals surface area contributed by atoms with Gasteiger partial charge < -0.3 is 20.1 Å². The van der Waals surface area contributed by atoms with Gasteiger partial charge in [0.25, 0.3) is 0 Å². The summed E-state index contributed by atoms with van der Waals surface area (Å²) in [7, 11) is 1.20. The third kappa shape index (κ3) is 2.38. The maximum Gasteiger partial charge on any atom is 0.357 e. The lowest BCUT2D eigenvalue weighted by Crippen LogP contribution is -2.12. The molecule has 0 bridgehead atoms. The monoisotopic (exact) mass is 299 g/mol. The summed E-state index contributed by atoms with van der Waals surface area (Å²) >= 11 is 0. The van der Waals surface area contributed by atoms with E-state index in [1.165, 1.54) is 23.9 Å². The van der Waals surface area contributed by atoms with Crippen LogP contribution in [0.4, 0.5) is 5.69 Å². The molecule has 22 heavy (non-hydrogen) atoms. The molecule has 1 aromatic heterocycles. The fourth-order valence-electron chi connectivity index (χ4n) is 2.11. The Balaban J connectivity index is 2.73. The average Bonchev–Trinajstić information content (AvgIpc) is 2.83. The van der Waals surface area contributed by atoms with Crippen LogP contribution in [0.25, 0.3) is 5.69 Å². The molecule has 0 spiro atoms.